The van der Waals surface area contributed by atoms with Crippen molar-refractivity contribution in [3.05, 3.63) is 64.4 Å². The van der Waals surface area contributed by atoms with Crippen LogP contribution in [0.3, 0.4) is 0 Å². The first kappa shape index (κ1) is 27.9. The Kier molecular flexibility index (Phi) is 8.14. The van der Waals surface area contributed by atoms with Gasteiger partial charge in [0.2, 0.25) is 5.88 Å². The summed E-state index contributed by atoms with van der Waals surface area (Å²) < 4.78 is 68.6. The monoisotopic (exact) mass is 523 g/mol. The average molecular weight is 524 g/mol. The van der Waals surface area contributed by atoms with E-state index in [4.69, 9.17) is 9.47 Å². The zero-order chi connectivity index (χ0) is 27.5. The van der Waals surface area contributed by atoms with Gasteiger partial charge in [0.15, 0.2) is 5.78 Å². The van der Waals surface area contributed by atoms with Crippen LogP contribution in [0.1, 0.15) is 60.8 Å². The number of ketones is 1. The third kappa shape index (κ3) is 7.21. The van der Waals surface area contributed by atoms with Crippen molar-refractivity contribution < 1.29 is 36.6 Å². The van der Waals surface area contributed by atoms with E-state index in [1.54, 1.807) is 46.8 Å². The number of pyridine rings is 1. The molecule has 7 nitrogen and oxygen atoms in total. The van der Waals surface area contributed by atoms with Gasteiger partial charge >= 0.3 is 6.09 Å². The molecular weight excluding hydrogens is 494 g/mol. The Balaban J connectivity index is 1.74. The fourth-order valence-corrected chi connectivity index (χ4v) is 3.65. The number of halogens is 4. The molecule has 0 radical (unpaired) electrons. The highest BCUT2D eigenvalue weighted by Gasteiger charge is 2.32. The molecule has 37 heavy (non-hydrogen) atoms. The summed E-state index contributed by atoms with van der Waals surface area (Å²) in [6.45, 7) is 6.71. The maximum Gasteiger partial charge on any atom is 0.407 e. The Morgan fingerprint density at radius 3 is 2.35 bits per heavy atom. The SMILES string of the molecule is Cc1cc(OCc2c(F)cccc2F)n2nc(C)c(C(=O)CCC(F)(F)CNC(=O)OC(C)(C)C)c2c1. The van der Waals surface area contributed by atoms with Crippen LogP contribution in [0.2, 0.25) is 0 Å². The highest BCUT2D eigenvalue weighted by molar-refractivity contribution is 6.03. The molecule has 1 aromatic carbocycles. The Labute approximate surface area is 211 Å². The Morgan fingerprint density at radius 2 is 1.73 bits per heavy atom. The van der Waals surface area contributed by atoms with Crippen molar-refractivity contribution >= 4 is 17.4 Å². The van der Waals surface area contributed by atoms with Crippen molar-refractivity contribution in [2.45, 2.75) is 65.6 Å². The first-order valence-electron chi connectivity index (χ1n) is 11.6. The summed E-state index contributed by atoms with van der Waals surface area (Å²) in [5, 5.41) is 6.31. The molecule has 1 N–H and O–H groups in total. The largest absolute Gasteiger partial charge is 0.473 e. The normalized spacial score (nSPS) is 12.0. The average Bonchev–Trinajstić information content (AvgIpc) is 3.10. The first-order chi connectivity index (χ1) is 17.2. The summed E-state index contributed by atoms with van der Waals surface area (Å²) in [7, 11) is 0. The van der Waals surface area contributed by atoms with Gasteiger partial charge in [-0.3, -0.25) is 4.79 Å². The third-order valence-electron chi connectivity index (χ3n) is 5.33. The summed E-state index contributed by atoms with van der Waals surface area (Å²) >= 11 is 0. The van der Waals surface area contributed by atoms with Crippen molar-refractivity contribution in [1.82, 2.24) is 14.9 Å². The molecule has 2 aromatic heterocycles. The number of nitrogens with one attached hydrogen (secondary N) is 1. The van der Waals surface area contributed by atoms with E-state index in [9.17, 15) is 27.2 Å². The maximum atomic E-state index is 14.4. The lowest BCUT2D eigenvalue weighted by Crippen LogP contribution is -2.40. The molecule has 0 saturated carbocycles. The van der Waals surface area contributed by atoms with Crippen LogP contribution in [0.25, 0.3) is 5.52 Å². The topological polar surface area (TPSA) is 81.9 Å². The molecule has 200 valence electrons. The molecule has 2 heterocycles. The van der Waals surface area contributed by atoms with Crippen molar-refractivity contribution in [2.75, 3.05) is 6.54 Å². The van der Waals surface area contributed by atoms with Gasteiger partial charge in [-0.1, -0.05) is 6.07 Å². The number of amides is 1. The van der Waals surface area contributed by atoms with Gasteiger partial charge in [-0.2, -0.15) is 5.10 Å². The summed E-state index contributed by atoms with van der Waals surface area (Å²) in [6.07, 6.45) is -2.29. The van der Waals surface area contributed by atoms with E-state index in [1.165, 1.54) is 10.6 Å². The zero-order valence-electron chi connectivity index (χ0n) is 21.3. The molecule has 0 spiro atoms. The van der Waals surface area contributed by atoms with Gasteiger partial charge in [0, 0.05) is 18.9 Å². The number of aryl methyl sites for hydroxylation is 2. The number of hydrogen-bond acceptors (Lipinski definition) is 5. The number of Topliss-reactive ketones (excluding diaryl/α,β-unsaturated/α-hetero) is 1. The second kappa shape index (κ2) is 10.8. The lowest BCUT2D eigenvalue weighted by molar-refractivity contribution is -0.0122. The van der Waals surface area contributed by atoms with Crippen LogP contribution >= 0.6 is 0 Å². The smallest absolute Gasteiger partial charge is 0.407 e. The molecule has 11 heteroatoms. The first-order valence-corrected chi connectivity index (χ1v) is 11.6. The van der Waals surface area contributed by atoms with Crippen molar-refractivity contribution in [2.24, 2.45) is 0 Å². The highest BCUT2D eigenvalue weighted by Crippen LogP contribution is 2.28. The zero-order valence-corrected chi connectivity index (χ0v) is 21.3. The number of carbonyl (C=O) groups is 2. The number of alkyl carbamates (subject to hydrolysis) is 1. The van der Waals surface area contributed by atoms with E-state index in [0.29, 0.717) is 11.1 Å². The molecule has 0 fully saturated rings. The summed E-state index contributed by atoms with van der Waals surface area (Å²) in [5.41, 5.74) is 0.313. The van der Waals surface area contributed by atoms with Gasteiger partial charge in [0.1, 0.15) is 23.8 Å². The van der Waals surface area contributed by atoms with Gasteiger partial charge < -0.3 is 14.8 Å². The molecule has 0 saturated heterocycles. The predicted octanol–water partition coefficient (Wildman–Crippen LogP) is 5.93. The molecule has 0 aliphatic heterocycles. The summed E-state index contributed by atoms with van der Waals surface area (Å²) in [5.74, 6) is -5.32. The minimum absolute atomic E-state index is 0.131. The van der Waals surface area contributed by atoms with Gasteiger partial charge in [-0.15, -0.1) is 0 Å². The minimum atomic E-state index is -3.35. The van der Waals surface area contributed by atoms with E-state index in [1.807, 2.05) is 5.32 Å². The standard InChI is InChI=1S/C26H29F4N3O4/c1-15-11-20-23(21(34)9-10-26(29,30)14-31-24(35)37-25(3,4)5)16(2)32-33(20)22(12-15)36-13-17-18(27)7-6-8-19(17)28/h6-8,11-12H,9-10,13-14H2,1-5H3,(H,31,35). The number of carbonyl (C=O) groups excluding carboxylic acids is 2. The Hall–Kier alpha value is -3.63. The molecular formula is C26H29F4N3O4. The van der Waals surface area contributed by atoms with Crippen molar-refractivity contribution in [3.8, 4) is 5.88 Å². The van der Waals surface area contributed by atoms with Crippen LogP contribution in [-0.2, 0) is 11.3 Å². The van der Waals surface area contributed by atoms with Crippen LogP contribution < -0.4 is 10.1 Å². The van der Waals surface area contributed by atoms with Crippen LogP contribution in [0.15, 0.2) is 30.3 Å². The second-order valence-corrected chi connectivity index (χ2v) is 9.75. The molecule has 0 aliphatic carbocycles. The number of benzene rings is 1. The van der Waals surface area contributed by atoms with E-state index >= 15 is 0 Å². The van der Waals surface area contributed by atoms with E-state index in [-0.39, 0.29) is 22.7 Å². The number of rotatable bonds is 9. The van der Waals surface area contributed by atoms with E-state index in [0.717, 1.165) is 12.1 Å². The van der Waals surface area contributed by atoms with Crippen molar-refractivity contribution in [3.63, 3.8) is 0 Å². The number of ether oxygens (including phenoxy) is 2. The lowest BCUT2D eigenvalue weighted by Gasteiger charge is -2.21. The summed E-state index contributed by atoms with van der Waals surface area (Å²) in [6, 6.07) is 6.70. The predicted molar refractivity (Wildman–Crippen MR) is 128 cm³/mol. The lowest BCUT2D eigenvalue weighted by atomic mass is 10.0. The fraction of sp³-hybridized carbons (Fsp3) is 0.423. The number of hydrogen-bond donors (Lipinski definition) is 1. The van der Waals surface area contributed by atoms with Gasteiger partial charge in [0.25, 0.3) is 5.92 Å². The van der Waals surface area contributed by atoms with E-state index < -0.39 is 61.0 Å². The van der Waals surface area contributed by atoms with Crippen LogP contribution in [0.4, 0.5) is 22.4 Å². The van der Waals surface area contributed by atoms with Gasteiger partial charge in [0.05, 0.1) is 28.9 Å². The van der Waals surface area contributed by atoms with Crippen molar-refractivity contribution in [1.29, 1.82) is 0 Å². The van der Waals surface area contributed by atoms with Gasteiger partial charge in [-0.05, 0) is 58.4 Å². The minimum Gasteiger partial charge on any atom is -0.473 e. The fourth-order valence-electron chi connectivity index (χ4n) is 3.65. The molecule has 1 amide bonds. The van der Waals surface area contributed by atoms with E-state index in [2.05, 4.69) is 5.10 Å². The molecule has 0 atom stereocenters. The van der Waals surface area contributed by atoms with Gasteiger partial charge in [-0.25, -0.2) is 26.9 Å². The number of fused-ring (bicyclic) bond motifs is 1. The third-order valence-corrected chi connectivity index (χ3v) is 5.33. The molecule has 0 aliphatic rings. The Bertz CT molecular complexity index is 1300. The number of nitrogens with zero attached hydrogens (tertiary/aromatic N) is 2. The molecule has 3 aromatic rings. The van der Waals surface area contributed by atoms with Crippen LogP contribution in [-0.4, -0.2) is 39.6 Å². The second-order valence-electron chi connectivity index (χ2n) is 9.75. The highest BCUT2D eigenvalue weighted by atomic mass is 19.3. The molecule has 3 rings (SSSR count). The van der Waals surface area contributed by atoms with Crippen LogP contribution in [0.5, 0.6) is 5.88 Å². The molecule has 0 unspecified atom stereocenters. The maximum absolute atomic E-state index is 14.4. The Morgan fingerprint density at radius 1 is 1.08 bits per heavy atom. The number of aromatic nitrogens is 2. The quantitative estimate of drug-likeness (QED) is 0.278. The molecule has 0 bridgehead atoms. The summed E-state index contributed by atoms with van der Waals surface area (Å²) in [4.78, 5) is 24.6. The van der Waals surface area contributed by atoms with Crippen LogP contribution in [0, 0.1) is 25.5 Å². The number of alkyl halides is 2.